The minimum absolute atomic E-state index is 0.201. The summed E-state index contributed by atoms with van der Waals surface area (Å²) in [6.07, 6.45) is 3.10. The summed E-state index contributed by atoms with van der Waals surface area (Å²) in [7, 11) is 3.02. The number of ether oxygens (including phenoxy) is 1. The van der Waals surface area contributed by atoms with Gasteiger partial charge in [-0.25, -0.2) is 9.78 Å². The van der Waals surface area contributed by atoms with E-state index in [1.165, 1.54) is 18.4 Å². The van der Waals surface area contributed by atoms with Gasteiger partial charge in [-0.1, -0.05) is 0 Å². The van der Waals surface area contributed by atoms with Crippen LogP contribution in [0.2, 0.25) is 0 Å². The fraction of sp³-hybridized carbons (Fsp3) is 0.211. The van der Waals surface area contributed by atoms with Gasteiger partial charge in [0, 0.05) is 29.2 Å². The van der Waals surface area contributed by atoms with Crippen molar-refractivity contribution in [3.63, 3.8) is 0 Å². The predicted octanol–water partition coefficient (Wildman–Crippen LogP) is 3.77. The topological polar surface area (TPSA) is 72.6 Å². The normalized spacial score (nSPS) is 10.6. The number of esters is 1. The van der Waals surface area contributed by atoms with Gasteiger partial charge in [0.25, 0.3) is 5.91 Å². The molecule has 2 heterocycles. The van der Waals surface area contributed by atoms with Crippen molar-refractivity contribution in [2.45, 2.75) is 13.5 Å². The summed E-state index contributed by atoms with van der Waals surface area (Å²) in [5.74, 6) is -0.698. The summed E-state index contributed by atoms with van der Waals surface area (Å²) in [6.45, 7) is 2.32. The maximum Gasteiger partial charge on any atom is 0.337 e. The van der Waals surface area contributed by atoms with Crippen molar-refractivity contribution in [2.24, 2.45) is 0 Å². The molecule has 1 aromatic carbocycles. The van der Waals surface area contributed by atoms with E-state index in [-0.39, 0.29) is 5.91 Å². The van der Waals surface area contributed by atoms with Gasteiger partial charge < -0.3 is 14.1 Å². The molecule has 1 amide bonds. The monoisotopic (exact) mass is 370 g/mol. The first-order chi connectivity index (χ1) is 12.5. The zero-order valence-electron chi connectivity index (χ0n) is 14.7. The number of nitrogens with zero attached hydrogens (tertiary/aromatic N) is 2. The molecule has 0 bridgehead atoms. The number of furan rings is 1. The number of amides is 1. The van der Waals surface area contributed by atoms with Crippen LogP contribution in [0.4, 0.5) is 0 Å². The number of hydrogen-bond donors (Lipinski definition) is 0. The maximum absolute atomic E-state index is 12.9. The lowest BCUT2D eigenvalue weighted by atomic mass is 10.0. The molecule has 0 saturated carbocycles. The van der Waals surface area contributed by atoms with E-state index in [4.69, 9.17) is 9.15 Å². The summed E-state index contributed by atoms with van der Waals surface area (Å²) < 4.78 is 9.91. The Morgan fingerprint density at radius 3 is 2.62 bits per heavy atom. The fourth-order valence-corrected chi connectivity index (χ4v) is 3.38. The molecule has 6 nitrogen and oxygen atoms in total. The molecule has 7 heteroatoms. The number of aryl methyl sites for hydroxylation is 1. The van der Waals surface area contributed by atoms with E-state index < -0.39 is 5.97 Å². The minimum atomic E-state index is -0.498. The van der Waals surface area contributed by atoms with Crippen molar-refractivity contribution in [1.82, 2.24) is 9.88 Å². The second-order valence-corrected chi connectivity index (χ2v) is 6.79. The second-order valence-electron chi connectivity index (χ2n) is 5.85. The van der Waals surface area contributed by atoms with Gasteiger partial charge in [0.05, 0.1) is 31.7 Å². The van der Waals surface area contributed by atoms with E-state index in [0.717, 1.165) is 16.3 Å². The van der Waals surface area contributed by atoms with Gasteiger partial charge in [-0.3, -0.25) is 4.79 Å². The maximum atomic E-state index is 12.9. The van der Waals surface area contributed by atoms with Crippen molar-refractivity contribution in [3.8, 4) is 11.1 Å². The Kier molecular flexibility index (Phi) is 5.18. The van der Waals surface area contributed by atoms with Crippen molar-refractivity contribution < 1.29 is 18.7 Å². The van der Waals surface area contributed by atoms with Crippen LogP contribution in [0.5, 0.6) is 0 Å². The molecule has 0 spiro atoms. The molecule has 0 atom stereocenters. The molecule has 0 fully saturated rings. The number of rotatable bonds is 5. The smallest absolute Gasteiger partial charge is 0.337 e. The number of methoxy groups -OCH3 is 1. The molecule has 3 rings (SSSR count). The van der Waals surface area contributed by atoms with Gasteiger partial charge in [0.1, 0.15) is 5.01 Å². The molecule has 2 aromatic heterocycles. The molecular formula is C19H18N2O4S. The molecule has 0 aliphatic heterocycles. The molecule has 0 saturated heterocycles. The Morgan fingerprint density at radius 1 is 1.23 bits per heavy atom. The van der Waals surface area contributed by atoms with Crippen molar-refractivity contribution in [3.05, 3.63) is 64.0 Å². The largest absolute Gasteiger partial charge is 0.472 e. The van der Waals surface area contributed by atoms with Gasteiger partial charge in [0.2, 0.25) is 0 Å². The van der Waals surface area contributed by atoms with Crippen molar-refractivity contribution >= 4 is 23.2 Å². The van der Waals surface area contributed by atoms with E-state index in [1.54, 1.807) is 48.7 Å². The highest BCUT2D eigenvalue weighted by Gasteiger charge is 2.18. The average molecular weight is 370 g/mol. The Hall–Kier alpha value is -2.93. The molecule has 0 aliphatic rings. The zero-order valence-corrected chi connectivity index (χ0v) is 15.5. The lowest BCUT2D eigenvalue weighted by molar-refractivity contribution is 0.0600. The first-order valence-corrected chi connectivity index (χ1v) is 8.78. The van der Waals surface area contributed by atoms with Crippen LogP contribution in [0.15, 0.2) is 46.6 Å². The highest BCUT2D eigenvalue weighted by molar-refractivity contribution is 7.09. The third-order valence-corrected chi connectivity index (χ3v) is 4.79. The molecule has 26 heavy (non-hydrogen) atoms. The van der Waals surface area contributed by atoms with E-state index in [0.29, 0.717) is 23.2 Å². The van der Waals surface area contributed by atoms with Crippen LogP contribution in [-0.4, -0.2) is 35.9 Å². The zero-order chi connectivity index (χ0) is 18.7. The van der Waals surface area contributed by atoms with Gasteiger partial charge in [-0.15, -0.1) is 11.3 Å². The first-order valence-electron chi connectivity index (χ1n) is 7.90. The standard InChI is InChI=1S/C19H18N2O4S/c1-12-11-26-17(20-12)9-21(2)18(22)15-6-14(13-4-5-25-10-13)7-16(8-15)19(23)24-3/h4-8,10-11H,9H2,1-3H3. The summed E-state index contributed by atoms with van der Waals surface area (Å²) >= 11 is 1.51. The number of thiazole rings is 1. The molecular weight excluding hydrogens is 352 g/mol. The number of benzene rings is 1. The van der Waals surface area contributed by atoms with Crippen LogP contribution in [0.1, 0.15) is 31.4 Å². The van der Waals surface area contributed by atoms with Crippen molar-refractivity contribution in [1.29, 1.82) is 0 Å². The summed E-state index contributed by atoms with van der Waals surface area (Å²) in [5, 5.41) is 2.81. The van der Waals surface area contributed by atoms with Crippen LogP contribution >= 0.6 is 11.3 Å². The van der Waals surface area contributed by atoms with Crippen LogP contribution < -0.4 is 0 Å². The predicted molar refractivity (Wildman–Crippen MR) is 98.1 cm³/mol. The fourth-order valence-electron chi connectivity index (χ4n) is 2.55. The van der Waals surface area contributed by atoms with Crippen LogP contribution in [0, 0.1) is 6.92 Å². The van der Waals surface area contributed by atoms with Crippen molar-refractivity contribution in [2.75, 3.05) is 14.2 Å². The molecule has 0 unspecified atom stereocenters. The molecule has 3 aromatic rings. The van der Waals surface area contributed by atoms with Gasteiger partial charge in [0.15, 0.2) is 0 Å². The number of carbonyl (C=O) groups excluding carboxylic acids is 2. The van der Waals surface area contributed by atoms with E-state index >= 15 is 0 Å². The highest BCUT2D eigenvalue weighted by atomic mass is 32.1. The number of hydrogen-bond acceptors (Lipinski definition) is 6. The summed E-state index contributed by atoms with van der Waals surface area (Å²) in [5.41, 5.74) is 3.14. The van der Waals surface area contributed by atoms with Gasteiger partial charge >= 0.3 is 5.97 Å². The highest BCUT2D eigenvalue weighted by Crippen LogP contribution is 2.24. The number of aromatic nitrogens is 1. The Morgan fingerprint density at radius 2 is 2.00 bits per heavy atom. The summed E-state index contributed by atoms with van der Waals surface area (Å²) in [4.78, 5) is 30.8. The third kappa shape index (κ3) is 3.83. The third-order valence-electron chi connectivity index (χ3n) is 3.84. The number of carbonyl (C=O) groups is 2. The van der Waals surface area contributed by atoms with Crippen LogP contribution in [0.3, 0.4) is 0 Å². The SMILES string of the molecule is COC(=O)c1cc(C(=O)N(C)Cc2nc(C)cs2)cc(-c2ccoc2)c1. The first kappa shape index (κ1) is 17.9. The lowest BCUT2D eigenvalue weighted by Crippen LogP contribution is -2.26. The minimum Gasteiger partial charge on any atom is -0.472 e. The Bertz CT molecular complexity index is 931. The average Bonchev–Trinajstić information content (AvgIpc) is 3.31. The van der Waals surface area contributed by atoms with Gasteiger partial charge in [-0.05, 0) is 36.8 Å². The van der Waals surface area contributed by atoms with E-state index in [1.807, 2.05) is 12.3 Å². The molecule has 0 N–H and O–H groups in total. The van der Waals surface area contributed by atoms with E-state index in [2.05, 4.69) is 4.98 Å². The van der Waals surface area contributed by atoms with E-state index in [9.17, 15) is 9.59 Å². The lowest BCUT2D eigenvalue weighted by Gasteiger charge is -2.17. The quantitative estimate of drug-likeness (QED) is 0.639. The Balaban J connectivity index is 1.93. The Labute approximate surface area is 155 Å². The van der Waals surface area contributed by atoms with Gasteiger partial charge in [-0.2, -0.15) is 0 Å². The summed E-state index contributed by atoms with van der Waals surface area (Å²) in [6, 6.07) is 6.73. The second kappa shape index (κ2) is 7.53. The molecule has 0 radical (unpaired) electrons. The van der Waals surface area contributed by atoms with Crippen LogP contribution in [0.25, 0.3) is 11.1 Å². The van der Waals surface area contributed by atoms with Crippen LogP contribution in [-0.2, 0) is 11.3 Å². The molecule has 0 aliphatic carbocycles. The molecule has 134 valence electrons.